The Morgan fingerprint density at radius 3 is 1.79 bits per heavy atom. The zero-order valence-corrected chi connectivity index (χ0v) is 17.1. The molecule has 0 aliphatic heterocycles. The van der Waals surface area contributed by atoms with Gasteiger partial charge in [0.05, 0.1) is 16.3 Å². The highest BCUT2D eigenvalue weighted by atomic mass is 32.2. The van der Waals surface area contributed by atoms with Crippen LogP contribution in [0.15, 0.2) is 89.8 Å². The molecule has 29 heavy (non-hydrogen) atoms. The van der Waals surface area contributed by atoms with Gasteiger partial charge in [-0.3, -0.25) is 4.90 Å². The van der Waals surface area contributed by atoms with E-state index in [9.17, 15) is 13.2 Å². The summed E-state index contributed by atoms with van der Waals surface area (Å²) in [4.78, 5) is 14.4. The average Bonchev–Trinajstić information content (AvgIpc) is 2.71. The van der Waals surface area contributed by atoms with Crippen molar-refractivity contribution in [3.8, 4) is 0 Å². The van der Waals surface area contributed by atoms with Crippen LogP contribution in [0, 0.1) is 6.92 Å². The van der Waals surface area contributed by atoms with Crippen LogP contribution < -0.4 is 9.62 Å². The molecule has 1 N–H and O–H groups in total. The molecule has 0 aromatic heterocycles. The summed E-state index contributed by atoms with van der Waals surface area (Å²) in [6.45, 7) is 3.42. The van der Waals surface area contributed by atoms with Gasteiger partial charge in [-0.25, -0.2) is 17.9 Å². The van der Waals surface area contributed by atoms with Crippen molar-refractivity contribution in [2.45, 2.75) is 13.8 Å². The normalized spacial score (nSPS) is 11.7. The first-order valence-electron chi connectivity index (χ1n) is 9.09. The summed E-state index contributed by atoms with van der Waals surface area (Å²) in [5.41, 5.74) is 2.95. The van der Waals surface area contributed by atoms with Crippen molar-refractivity contribution in [3.05, 3.63) is 101 Å². The van der Waals surface area contributed by atoms with Gasteiger partial charge < -0.3 is 0 Å². The average molecular weight is 407 g/mol. The molecule has 0 fully saturated rings. The van der Waals surface area contributed by atoms with Gasteiger partial charge in [-0.2, -0.15) is 0 Å². The molecule has 0 spiro atoms. The summed E-state index contributed by atoms with van der Waals surface area (Å²) in [7, 11) is -4.01. The van der Waals surface area contributed by atoms with E-state index in [4.69, 9.17) is 0 Å². The number of allylic oxidation sites excluding steroid dienone is 1. The Balaban J connectivity index is 1.89. The number of hydrogen-bond donors (Lipinski definition) is 1. The lowest BCUT2D eigenvalue weighted by Gasteiger charge is -2.23. The van der Waals surface area contributed by atoms with E-state index in [0.717, 1.165) is 11.1 Å². The number of rotatable bonds is 5. The number of urea groups is 1. The van der Waals surface area contributed by atoms with Crippen molar-refractivity contribution in [3.63, 3.8) is 0 Å². The Kier molecular flexibility index (Phi) is 6.14. The quantitative estimate of drug-likeness (QED) is 0.631. The molecule has 0 heterocycles. The molecule has 0 saturated heterocycles. The second kappa shape index (κ2) is 8.75. The molecule has 0 unspecified atom stereocenters. The molecule has 0 aliphatic carbocycles. The van der Waals surface area contributed by atoms with Crippen molar-refractivity contribution >= 4 is 33.5 Å². The van der Waals surface area contributed by atoms with Crippen LogP contribution in [0.4, 0.5) is 16.2 Å². The fourth-order valence-electron chi connectivity index (χ4n) is 2.75. The van der Waals surface area contributed by atoms with Crippen LogP contribution >= 0.6 is 0 Å². The number of sulfonamides is 1. The number of benzene rings is 3. The highest BCUT2D eigenvalue weighted by Gasteiger charge is 2.24. The van der Waals surface area contributed by atoms with Crippen LogP contribution in [-0.2, 0) is 10.0 Å². The highest BCUT2D eigenvalue weighted by Crippen LogP contribution is 2.25. The molecule has 3 rings (SSSR count). The molecule has 3 aromatic rings. The highest BCUT2D eigenvalue weighted by molar-refractivity contribution is 7.94. The van der Waals surface area contributed by atoms with Gasteiger partial charge in [0.15, 0.2) is 0 Å². The second-order valence-corrected chi connectivity index (χ2v) is 8.44. The van der Waals surface area contributed by atoms with Crippen molar-refractivity contribution in [2.75, 3.05) is 4.90 Å². The van der Waals surface area contributed by atoms with Crippen LogP contribution in [0.2, 0.25) is 0 Å². The van der Waals surface area contributed by atoms with Crippen molar-refractivity contribution in [1.82, 2.24) is 4.72 Å². The minimum absolute atomic E-state index is 0.0516. The largest absolute Gasteiger partial charge is 0.340 e. The summed E-state index contributed by atoms with van der Waals surface area (Å²) in [5, 5.41) is 0. The third kappa shape index (κ3) is 5.12. The third-order valence-electron chi connectivity index (χ3n) is 4.32. The number of hydrogen-bond acceptors (Lipinski definition) is 3. The van der Waals surface area contributed by atoms with Gasteiger partial charge in [-0.1, -0.05) is 66.2 Å². The monoisotopic (exact) mass is 406 g/mol. The molecule has 5 nitrogen and oxygen atoms in total. The minimum Gasteiger partial charge on any atom is -0.262 e. The number of nitrogens with zero attached hydrogens (tertiary/aromatic N) is 1. The molecule has 3 aromatic carbocycles. The van der Waals surface area contributed by atoms with Crippen molar-refractivity contribution < 1.29 is 13.2 Å². The fourth-order valence-corrected chi connectivity index (χ4v) is 3.53. The molecule has 0 bridgehead atoms. The van der Waals surface area contributed by atoms with Gasteiger partial charge in [0.25, 0.3) is 10.0 Å². The summed E-state index contributed by atoms with van der Waals surface area (Å²) >= 11 is 0. The Hall–Kier alpha value is -3.38. The maximum atomic E-state index is 13.0. The van der Waals surface area contributed by atoms with E-state index in [1.54, 1.807) is 48.5 Å². The number of amides is 2. The summed E-state index contributed by atoms with van der Waals surface area (Å²) < 4.78 is 27.7. The van der Waals surface area contributed by atoms with E-state index in [0.29, 0.717) is 11.4 Å². The molecule has 148 valence electrons. The van der Waals surface area contributed by atoms with Crippen LogP contribution in [0.5, 0.6) is 0 Å². The third-order valence-corrected chi connectivity index (χ3v) is 5.73. The predicted molar refractivity (Wildman–Crippen MR) is 117 cm³/mol. The van der Waals surface area contributed by atoms with Crippen LogP contribution in [0.25, 0.3) is 6.08 Å². The molecular formula is C23H22N2O3S. The first kappa shape index (κ1) is 20.4. The number of anilines is 2. The fraction of sp³-hybridized carbons (Fsp3) is 0.0870. The first-order chi connectivity index (χ1) is 13.9. The Morgan fingerprint density at radius 1 is 0.828 bits per heavy atom. The zero-order valence-electron chi connectivity index (χ0n) is 16.2. The van der Waals surface area contributed by atoms with Crippen molar-refractivity contribution in [1.29, 1.82) is 0 Å². The van der Waals surface area contributed by atoms with E-state index in [1.165, 1.54) is 17.9 Å². The van der Waals surface area contributed by atoms with Crippen LogP contribution in [0.3, 0.4) is 0 Å². The maximum absolute atomic E-state index is 13.0. The molecule has 6 heteroatoms. The second-order valence-electron chi connectivity index (χ2n) is 6.58. The maximum Gasteiger partial charge on any atom is 0.340 e. The van der Waals surface area contributed by atoms with E-state index < -0.39 is 16.1 Å². The van der Waals surface area contributed by atoms with E-state index in [2.05, 4.69) is 4.72 Å². The van der Waals surface area contributed by atoms with Crippen LogP contribution in [0.1, 0.15) is 18.1 Å². The zero-order chi connectivity index (χ0) is 20.9. The molecule has 2 amide bonds. The summed E-state index contributed by atoms with van der Waals surface area (Å²) in [6, 6.07) is 24.5. The lowest BCUT2D eigenvalue weighted by molar-refractivity contribution is 0.253. The summed E-state index contributed by atoms with van der Waals surface area (Å²) in [5.74, 6) is 0. The van der Waals surface area contributed by atoms with E-state index in [-0.39, 0.29) is 4.91 Å². The Morgan fingerprint density at radius 2 is 1.31 bits per heavy atom. The van der Waals surface area contributed by atoms with Gasteiger partial charge in [0.2, 0.25) is 0 Å². The van der Waals surface area contributed by atoms with Crippen LogP contribution in [-0.4, -0.2) is 14.4 Å². The molecule has 0 aliphatic rings. The molecular weight excluding hydrogens is 384 g/mol. The van der Waals surface area contributed by atoms with Gasteiger partial charge in [0.1, 0.15) is 0 Å². The first-order valence-corrected chi connectivity index (χ1v) is 10.6. The summed E-state index contributed by atoms with van der Waals surface area (Å²) in [6.07, 6.45) is 1.53. The lowest BCUT2D eigenvalue weighted by atomic mass is 10.1. The van der Waals surface area contributed by atoms with Gasteiger partial charge in [-0.05, 0) is 49.8 Å². The predicted octanol–water partition coefficient (Wildman–Crippen LogP) is 5.23. The number of carbonyl (C=O) groups excluding carboxylic acids is 1. The SMILES string of the molecule is C/C(=C\c1ccc(C)cc1)S(=O)(=O)NC(=O)N(c1ccccc1)c1ccccc1. The molecule has 0 atom stereocenters. The number of aryl methyl sites for hydroxylation is 1. The van der Waals surface area contributed by atoms with E-state index in [1.807, 2.05) is 43.3 Å². The smallest absolute Gasteiger partial charge is 0.262 e. The lowest BCUT2D eigenvalue weighted by Crippen LogP contribution is -2.40. The number of carbonyl (C=O) groups is 1. The Labute approximate surface area is 171 Å². The number of nitrogens with one attached hydrogen (secondary N) is 1. The van der Waals surface area contributed by atoms with Crippen molar-refractivity contribution in [2.24, 2.45) is 0 Å². The molecule has 0 radical (unpaired) electrons. The van der Waals surface area contributed by atoms with Gasteiger partial charge >= 0.3 is 6.03 Å². The molecule has 0 saturated carbocycles. The van der Waals surface area contributed by atoms with Gasteiger partial charge in [0, 0.05) is 0 Å². The topological polar surface area (TPSA) is 66.5 Å². The Bertz CT molecular complexity index is 1070. The minimum atomic E-state index is -4.01. The van der Waals surface area contributed by atoms with Gasteiger partial charge in [-0.15, -0.1) is 0 Å². The van der Waals surface area contributed by atoms with E-state index >= 15 is 0 Å². The number of para-hydroxylation sites is 2. The standard InChI is InChI=1S/C23H22N2O3S/c1-18-13-15-20(16-14-18)17-19(2)29(27,28)24-23(26)25(21-9-5-3-6-10-21)22-11-7-4-8-12-22/h3-17H,1-2H3,(H,24,26)/b19-17+.